The Balaban J connectivity index is 1.81. The van der Waals surface area contributed by atoms with Gasteiger partial charge in [0.2, 0.25) is 5.91 Å². The van der Waals surface area contributed by atoms with Crippen molar-refractivity contribution in [1.82, 2.24) is 5.32 Å². The van der Waals surface area contributed by atoms with Crippen LogP contribution < -0.4 is 10.1 Å². The number of carbonyl (C=O) groups is 1. The molecule has 1 amide bonds. The van der Waals surface area contributed by atoms with E-state index in [0.29, 0.717) is 18.7 Å². The van der Waals surface area contributed by atoms with Gasteiger partial charge in [-0.05, 0) is 31.4 Å². The summed E-state index contributed by atoms with van der Waals surface area (Å²) in [6.45, 7) is 4.21. The Morgan fingerprint density at radius 2 is 1.88 bits per heavy atom. The highest BCUT2D eigenvalue weighted by atomic mass is 16.5. The van der Waals surface area contributed by atoms with E-state index < -0.39 is 6.10 Å². The van der Waals surface area contributed by atoms with Gasteiger partial charge >= 0.3 is 0 Å². The standard InChI is InChI=1S/C20H25NO3/c1-15-7-9-17(10-8-15)11-12-19(23)14-24-20-6-4-3-5-18(20)13-21-16(2)22/h3-10,19,23H,11-14H2,1-2H3,(H,21,22). The van der Waals surface area contributed by atoms with Gasteiger partial charge in [-0.2, -0.15) is 0 Å². The molecule has 2 aromatic carbocycles. The van der Waals surface area contributed by atoms with E-state index in [1.165, 1.54) is 18.1 Å². The summed E-state index contributed by atoms with van der Waals surface area (Å²) in [5.41, 5.74) is 3.35. The first-order valence-electron chi connectivity index (χ1n) is 8.23. The van der Waals surface area contributed by atoms with Gasteiger partial charge in [-0.1, -0.05) is 48.0 Å². The van der Waals surface area contributed by atoms with Gasteiger partial charge in [-0.15, -0.1) is 0 Å². The van der Waals surface area contributed by atoms with Crippen molar-refractivity contribution >= 4 is 5.91 Å². The molecule has 0 spiro atoms. The summed E-state index contributed by atoms with van der Waals surface area (Å²) in [6, 6.07) is 15.9. The summed E-state index contributed by atoms with van der Waals surface area (Å²) in [5.74, 6) is 0.614. The van der Waals surface area contributed by atoms with Crippen molar-refractivity contribution in [3.8, 4) is 5.75 Å². The number of nitrogens with one attached hydrogen (secondary N) is 1. The van der Waals surface area contributed by atoms with Gasteiger partial charge in [0.1, 0.15) is 12.4 Å². The van der Waals surface area contributed by atoms with Crippen LogP contribution in [0.2, 0.25) is 0 Å². The number of aliphatic hydroxyl groups excluding tert-OH is 1. The molecular weight excluding hydrogens is 302 g/mol. The predicted molar refractivity (Wildman–Crippen MR) is 95.0 cm³/mol. The molecule has 0 saturated carbocycles. The van der Waals surface area contributed by atoms with Gasteiger partial charge in [-0.3, -0.25) is 4.79 Å². The molecule has 1 atom stereocenters. The number of aryl methyl sites for hydroxylation is 2. The highest BCUT2D eigenvalue weighted by Crippen LogP contribution is 2.18. The number of ether oxygens (including phenoxy) is 1. The molecule has 0 fully saturated rings. The molecule has 0 bridgehead atoms. The third-order valence-electron chi connectivity index (χ3n) is 3.82. The zero-order valence-electron chi connectivity index (χ0n) is 14.3. The first kappa shape index (κ1) is 18.0. The Hall–Kier alpha value is -2.33. The van der Waals surface area contributed by atoms with Gasteiger partial charge in [0.25, 0.3) is 0 Å². The van der Waals surface area contributed by atoms with Crippen molar-refractivity contribution in [3.63, 3.8) is 0 Å². The Bertz CT molecular complexity index is 652. The minimum absolute atomic E-state index is 0.0806. The van der Waals surface area contributed by atoms with Gasteiger partial charge in [0.15, 0.2) is 0 Å². The van der Waals surface area contributed by atoms with Crippen LogP contribution in [0.15, 0.2) is 48.5 Å². The number of hydrogen-bond donors (Lipinski definition) is 2. The summed E-state index contributed by atoms with van der Waals surface area (Å²) in [6.07, 6.45) is 0.940. The third kappa shape index (κ3) is 6.05. The number of para-hydroxylation sites is 1. The summed E-state index contributed by atoms with van der Waals surface area (Å²) >= 11 is 0. The average molecular weight is 327 g/mol. The Kier molecular flexibility index (Phi) is 6.82. The van der Waals surface area contributed by atoms with Gasteiger partial charge in [0.05, 0.1) is 6.10 Å². The maximum absolute atomic E-state index is 11.0. The van der Waals surface area contributed by atoms with Crippen LogP contribution in [-0.2, 0) is 17.8 Å². The molecule has 2 rings (SSSR count). The largest absolute Gasteiger partial charge is 0.491 e. The molecule has 2 N–H and O–H groups in total. The van der Waals surface area contributed by atoms with Crippen LogP contribution in [0.5, 0.6) is 5.75 Å². The number of rotatable bonds is 8. The molecule has 4 nitrogen and oxygen atoms in total. The van der Waals surface area contributed by atoms with E-state index in [2.05, 4.69) is 36.5 Å². The number of aliphatic hydroxyl groups is 1. The van der Waals surface area contributed by atoms with Gasteiger partial charge in [0, 0.05) is 19.0 Å². The van der Waals surface area contributed by atoms with Crippen LogP contribution in [0.25, 0.3) is 0 Å². The predicted octanol–water partition coefficient (Wildman–Crippen LogP) is 3.00. The SMILES string of the molecule is CC(=O)NCc1ccccc1OCC(O)CCc1ccc(C)cc1. The molecule has 0 aromatic heterocycles. The molecule has 24 heavy (non-hydrogen) atoms. The molecule has 0 radical (unpaired) electrons. The second-order valence-corrected chi connectivity index (χ2v) is 6.01. The third-order valence-corrected chi connectivity index (χ3v) is 3.82. The minimum Gasteiger partial charge on any atom is -0.491 e. The van der Waals surface area contributed by atoms with Gasteiger partial charge < -0.3 is 15.2 Å². The number of hydrogen-bond acceptors (Lipinski definition) is 3. The Morgan fingerprint density at radius 3 is 2.58 bits per heavy atom. The van der Waals surface area contributed by atoms with Crippen LogP contribution in [0.1, 0.15) is 30.0 Å². The maximum atomic E-state index is 11.0. The number of benzene rings is 2. The lowest BCUT2D eigenvalue weighted by atomic mass is 10.1. The fourth-order valence-corrected chi connectivity index (χ4v) is 2.37. The van der Waals surface area contributed by atoms with E-state index in [1.807, 2.05) is 24.3 Å². The molecule has 0 aliphatic heterocycles. The van der Waals surface area contributed by atoms with E-state index in [9.17, 15) is 9.90 Å². The van der Waals surface area contributed by atoms with Crippen molar-refractivity contribution in [2.75, 3.05) is 6.61 Å². The fourth-order valence-electron chi connectivity index (χ4n) is 2.37. The molecule has 0 saturated heterocycles. The molecule has 0 aliphatic carbocycles. The second-order valence-electron chi connectivity index (χ2n) is 6.01. The lowest BCUT2D eigenvalue weighted by Crippen LogP contribution is -2.21. The Morgan fingerprint density at radius 1 is 1.17 bits per heavy atom. The monoisotopic (exact) mass is 327 g/mol. The smallest absolute Gasteiger partial charge is 0.217 e. The lowest BCUT2D eigenvalue weighted by Gasteiger charge is -2.15. The maximum Gasteiger partial charge on any atom is 0.217 e. The fraction of sp³-hybridized carbons (Fsp3) is 0.350. The van der Waals surface area contributed by atoms with E-state index in [-0.39, 0.29) is 12.5 Å². The van der Waals surface area contributed by atoms with Gasteiger partial charge in [-0.25, -0.2) is 0 Å². The summed E-state index contributed by atoms with van der Waals surface area (Å²) < 4.78 is 5.74. The lowest BCUT2D eigenvalue weighted by molar-refractivity contribution is -0.119. The molecule has 0 heterocycles. The normalized spacial score (nSPS) is 11.8. The molecule has 1 unspecified atom stereocenters. The van der Waals surface area contributed by atoms with E-state index in [0.717, 1.165) is 12.0 Å². The number of carbonyl (C=O) groups excluding carboxylic acids is 1. The molecule has 2 aromatic rings. The van der Waals surface area contributed by atoms with Crippen LogP contribution >= 0.6 is 0 Å². The Labute approximate surface area is 143 Å². The van der Waals surface area contributed by atoms with Crippen molar-refractivity contribution in [3.05, 3.63) is 65.2 Å². The van der Waals surface area contributed by atoms with Crippen LogP contribution in [0, 0.1) is 6.92 Å². The summed E-state index contributed by atoms with van der Waals surface area (Å²) in [4.78, 5) is 11.0. The number of amides is 1. The van der Waals surface area contributed by atoms with Crippen LogP contribution in [0.4, 0.5) is 0 Å². The van der Waals surface area contributed by atoms with Crippen LogP contribution in [0.3, 0.4) is 0 Å². The molecule has 4 heteroatoms. The van der Waals surface area contributed by atoms with E-state index >= 15 is 0 Å². The van der Waals surface area contributed by atoms with Crippen LogP contribution in [-0.4, -0.2) is 23.7 Å². The first-order chi connectivity index (χ1) is 11.5. The zero-order chi connectivity index (χ0) is 17.4. The molecule has 0 aliphatic rings. The van der Waals surface area contributed by atoms with E-state index in [1.54, 1.807) is 0 Å². The highest BCUT2D eigenvalue weighted by molar-refractivity contribution is 5.72. The van der Waals surface area contributed by atoms with Crippen molar-refractivity contribution in [1.29, 1.82) is 0 Å². The topological polar surface area (TPSA) is 58.6 Å². The minimum atomic E-state index is -0.528. The summed E-state index contributed by atoms with van der Waals surface area (Å²) in [5, 5.41) is 12.9. The van der Waals surface area contributed by atoms with Crippen molar-refractivity contribution in [2.45, 2.75) is 39.3 Å². The zero-order valence-corrected chi connectivity index (χ0v) is 14.3. The van der Waals surface area contributed by atoms with Crippen molar-refractivity contribution in [2.24, 2.45) is 0 Å². The quantitative estimate of drug-likeness (QED) is 0.783. The first-order valence-corrected chi connectivity index (χ1v) is 8.23. The summed E-state index contributed by atoms with van der Waals surface area (Å²) in [7, 11) is 0. The van der Waals surface area contributed by atoms with Crippen molar-refractivity contribution < 1.29 is 14.6 Å². The molecule has 128 valence electrons. The average Bonchev–Trinajstić information content (AvgIpc) is 2.58. The second kappa shape index (κ2) is 9.08. The highest BCUT2D eigenvalue weighted by Gasteiger charge is 2.09. The molecular formula is C20H25NO3. The van der Waals surface area contributed by atoms with E-state index in [4.69, 9.17) is 4.74 Å².